The fourth-order valence-electron chi connectivity index (χ4n) is 4.12. The topological polar surface area (TPSA) is 32.7 Å². The van der Waals surface area contributed by atoms with E-state index in [1.54, 1.807) is 0 Å². The Kier molecular flexibility index (Phi) is 3.92. The van der Waals surface area contributed by atoms with Gasteiger partial charge in [0.1, 0.15) is 0 Å². The quantitative estimate of drug-likeness (QED) is 0.833. The Labute approximate surface area is 110 Å². The van der Waals surface area contributed by atoms with E-state index >= 15 is 0 Å². The molecule has 2 aliphatic carbocycles. The van der Waals surface area contributed by atoms with E-state index < -0.39 is 0 Å². The Morgan fingerprint density at radius 1 is 1.11 bits per heavy atom. The molecular weight excluding hydrogens is 226 g/mol. The van der Waals surface area contributed by atoms with Gasteiger partial charge in [-0.05, 0) is 25.2 Å². The number of aliphatic hydroxyl groups excluding tert-OH is 1. The van der Waals surface area contributed by atoms with Crippen LogP contribution in [0.1, 0.15) is 51.4 Å². The highest BCUT2D eigenvalue weighted by Crippen LogP contribution is 2.42. The molecule has 2 saturated carbocycles. The van der Waals surface area contributed by atoms with Crippen molar-refractivity contribution in [3.05, 3.63) is 0 Å². The average Bonchev–Trinajstić information content (AvgIpc) is 2.85. The van der Waals surface area contributed by atoms with Gasteiger partial charge in [0, 0.05) is 18.6 Å². The van der Waals surface area contributed by atoms with Crippen LogP contribution in [0.25, 0.3) is 0 Å². The molecule has 3 rings (SSSR count). The van der Waals surface area contributed by atoms with Gasteiger partial charge >= 0.3 is 0 Å². The molecule has 3 nitrogen and oxygen atoms in total. The molecule has 0 aromatic carbocycles. The third kappa shape index (κ3) is 2.33. The molecule has 1 N–H and O–H groups in total. The van der Waals surface area contributed by atoms with Crippen LogP contribution in [0.4, 0.5) is 0 Å². The normalized spacial score (nSPS) is 31.2. The maximum Gasteiger partial charge on any atom is 0.0726 e. The predicted octanol–water partition coefficient (Wildman–Crippen LogP) is 2.18. The molecule has 1 heterocycles. The van der Waals surface area contributed by atoms with Crippen LogP contribution in [0.15, 0.2) is 0 Å². The van der Waals surface area contributed by atoms with Gasteiger partial charge in [-0.25, -0.2) is 0 Å². The summed E-state index contributed by atoms with van der Waals surface area (Å²) in [5.74, 6) is 0.804. The molecule has 0 radical (unpaired) electrons. The van der Waals surface area contributed by atoms with Gasteiger partial charge in [0.15, 0.2) is 0 Å². The lowest BCUT2D eigenvalue weighted by Gasteiger charge is -2.47. The van der Waals surface area contributed by atoms with Gasteiger partial charge in [0.05, 0.1) is 19.3 Å². The highest BCUT2D eigenvalue weighted by Gasteiger charge is 2.46. The first-order valence-electron chi connectivity index (χ1n) is 7.82. The minimum Gasteiger partial charge on any atom is -0.391 e. The van der Waals surface area contributed by atoms with E-state index in [0.29, 0.717) is 0 Å². The molecule has 18 heavy (non-hydrogen) atoms. The van der Waals surface area contributed by atoms with E-state index in [1.165, 1.54) is 44.9 Å². The summed E-state index contributed by atoms with van der Waals surface area (Å²) in [6.45, 7) is 3.72. The molecule has 0 bridgehead atoms. The molecular formula is C15H27NO2. The first-order chi connectivity index (χ1) is 8.81. The smallest absolute Gasteiger partial charge is 0.0726 e. The zero-order chi connectivity index (χ0) is 12.4. The molecule has 1 atom stereocenters. The van der Waals surface area contributed by atoms with E-state index in [-0.39, 0.29) is 11.6 Å². The van der Waals surface area contributed by atoms with Crippen LogP contribution in [0.2, 0.25) is 0 Å². The van der Waals surface area contributed by atoms with Gasteiger partial charge in [0.2, 0.25) is 0 Å². The fraction of sp³-hybridized carbons (Fsp3) is 1.00. The van der Waals surface area contributed by atoms with Gasteiger partial charge in [0.25, 0.3) is 0 Å². The number of hydrogen-bond donors (Lipinski definition) is 1. The Morgan fingerprint density at radius 2 is 1.78 bits per heavy atom. The minimum absolute atomic E-state index is 0.0966. The second-order valence-corrected chi connectivity index (χ2v) is 6.46. The van der Waals surface area contributed by atoms with Crippen LogP contribution < -0.4 is 0 Å². The van der Waals surface area contributed by atoms with Crippen LogP contribution >= 0.6 is 0 Å². The first-order valence-corrected chi connectivity index (χ1v) is 7.82. The number of nitrogens with zero attached hydrogens (tertiary/aromatic N) is 1. The summed E-state index contributed by atoms with van der Waals surface area (Å²) < 4.78 is 5.47. The first kappa shape index (κ1) is 12.9. The van der Waals surface area contributed by atoms with Crippen molar-refractivity contribution in [1.82, 2.24) is 4.90 Å². The zero-order valence-corrected chi connectivity index (χ0v) is 11.4. The predicted molar refractivity (Wildman–Crippen MR) is 71.6 cm³/mol. The van der Waals surface area contributed by atoms with Gasteiger partial charge in [-0.3, -0.25) is 4.90 Å². The van der Waals surface area contributed by atoms with Crippen molar-refractivity contribution in [3.8, 4) is 0 Å². The summed E-state index contributed by atoms with van der Waals surface area (Å²) in [6.07, 6.45) is 9.97. The number of rotatable bonds is 4. The standard InChI is InChI=1S/C15H27NO2/c17-14(12-13-4-3-5-13)15(6-1-2-7-15)16-8-10-18-11-9-16/h13-14,17H,1-12H2. The van der Waals surface area contributed by atoms with E-state index in [2.05, 4.69) is 4.90 Å². The lowest BCUT2D eigenvalue weighted by molar-refractivity contribution is -0.0847. The summed E-state index contributed by atoms with van der Waals surface area (Å²) in [5.41, 5.74) is 0.0966. The SMILES string of the molecule is OC(CC1CCC1)C1(N2CCOCC2)CCCC1. The van der Waals surface area contributed by atoms with E-state index in [0.717, 1.165) is 38.6 Å². The lowest BCUT2D eigenvalue weighted by Crippen LogP contribution is -2.58. The minimum atomic E-state index is -0.108. The average molecular weight is 253 g/mol. The highest BCUT2D eigenvalue weighted by molar-refractivity contribution is 5.01. The van der Waals surface area contributed by atoms with Crippen LogP contribution in [-0.4, -0.2) is 48.0 Å². The molecule has 0 aromatic rings. The Morgan fingerprint density at radius 3 is 2.33 bits per heavy atom. The number of ether oxygens (including phenoxy) is 1. The molecule has 3 heteroatoms. The molecule has 0 aromatic heterocycles. The van der Waals surface area contributed by atoms with Gasteiger partial charge in [-0.1, -0.05) is 32.1 Å². The second-order valence-electron chi connectivity index (χ2n) is 6.46. The van der Waals surface area contributed by atoms with E-state index in [4.69, 9.17) is 4.74 Å². The number of aliphatic hydroxyl groups is 1. The Bertz CT molecular complexity index is 266. The largest absolute Gasteiger partial charge is 0.391 e. The number of morpholine rings is 1. The molecule has 1 aliphatic heterocycles. The van der Waals surface area contributed by atoms with Crippen LogP contribution in [0.3, 0.4) is 0 Å². The maximum absolute atomic E-state index is 10.8. The van der Waals surface area contributed by atoms with Crippen LogP contribution in [-0.2, 0) is 4.74 Å². The van der Waals surface area contributed by atoms with Crippen molar-refractivity contribution >= 4 is 0 Å². The summed E-state index contributed by atoms with van der Waals surface area (Å²) in [7, 11) is 0. The molecule has 104 valence electrons. The molecule has 3 aliphatic rings. The maximum atomic E-state index is 10.8. The monoisotopic (exact) mass is 253 g/mol. The van der Waals surface area contributed by atoms with Gasteiger partial charge < -0.3 is 9.84 Å². The third-order valence-electron chi connectivity index (χ3n) is 5.51. The summed E-state index contributed by atoms with van der Waals surface area (Å²) in [5, 5.41) is 10.8. The summed E-state index contributed by atoms with van der Waals surface area (Å²) in [4.78, 5) is 2.55. The molecule has 1 unspecified atom stereocenters. The zero-order valence-electron chi connectivity index (χ0n) is 11.4. The van der Waals surface area contributed by atoms with Crippen molar-refractivity contribution in [2.24, 2.45) is 5.92 Å². The Hall–Kier alpha value is -0.120. The van der Waals surface area contributed by atoms with Crippen LogP contribution in [0.5, 0.6) is 0 Å². The van der Waals surface area contributed by atoms with Crippen molar-refractivity contribution < 1.29 is 9.84 Å². The lowest BCUT2D eigenvalue weighted by atomic mass is 9.76. The second kappa shape index (κ2) is 5.48. The summed E-state index contributed by atoms with van der Waals surface area (Å²) in [6, 6.07) is 0. The Balaban J connectivity index is 1.68. The van der Waals surface area contributed by atoms with Crippen molar-refractivity contribution in [2.45, 2.75) is 63.0 Å². The van der Waals surface area contributed by atoms with Gasteiger partial charge in [-0.2, -0.15) is 0 Å². The molecule has 0 amide bonds. The van der Waals surface area contributed by atoms with Gasteiger partial charge in [-0.15, -0.1) is 0 Å². The van der Waals surface area contributed by atoms with Crippen molar-refractivity contribution in [3.63, 3.8) is 0 Å². The van der Waals surface area contributed by atoms with E-state index in [1.807, 2.05) is 0 Å². The van der Waals surface area contributed by atoms with Crippen molar-refractivity contribution in [1.29, 1.82) is 0 Å². The molecule has 1 saturated heterocycles. The number of hydrogen-bond acceptors (Lipinski definition) is 3. The highest BCUT2D eigenvalue weighted by atomic mass is 16.5. The third-order valence-corrected chi connectivity index (χ3v) is 5.51. The molecule has 0 spiro atoms. The van der Waals surface area contributed by atoms with Crippen LogP contribution in [0, 0.1) is 5.92 Å². The van der Waals surface area contributed by atoms with Crippen molar-refractivity contribution in [2.75, 3.05) is 26.3 Å². The fourth-order valence-corrected chi connectivity index (χ4v) is 4.12. The summed E-state index contributed by atoms with van der Waals surface area (Å²) >= 11 is 0. The van der Waals surface area contributed by atoms with E-state index in [9.17, 15) is 5.11 Å². The molecule has 3 fully saturated rings.